The minimum atomic E-state index is -0.925. The number of urea groups is 2. The molecule has 0 saturated carbocycles. The Morgan fingerprint density at radius 1 is 0.647 bits per heavy atom. The van der Waals surface area contributed by atoms with Crippen LogP contribution in [0.4, 0.5) is 9.59 Å². The molecular weight excluding hydrogens is 440 g/mol. The summed E-state index contributed by atoms with van der Waals surface area (Å²) >= 11 is 0. The number of amides is 6. The van der Waals surface area contributed by atoms with Crippen molar-refractivity contribution in [2.45, 2.75) is 104 Å². The highest BCUT2D eigenvalue weighted by molar-refractivity contribution is 6.06. The molecule has 2 unspecified atom stereocenters. The molecule has 0 bridgehead atoms. The summed E-state index contributed by atoms with van der Waals surface area (Å²) in [6, 6.07) is -1.07. The van der Waals surface area contributed by atoms with Crippen LogP contribution < -0.4 is 0 Å². The van der Waals surface area contributed by atoms with E-state index in [0.29, 0.717) is 26.1 Å². The van der Waals surface area contributed by atoms with Crippen molar-refractivity contribution in [3.8, 4) is 0 Å². The summed E-state index contributed by atoms with van der Waals surface area (Å²) in [5, 5.41) is 0. The molecule has 0 aromatic rings. The second kappa shape index (κ2) is 14.3. The van der Waals surface area contributed by atoms with E-state index in [4.69, 9.17) is 9.47 Å². The van der Waals surface area contributed by atoms with E-state index in [9.17, 15) is 19.2 Å². The van der Waals surface area contributed by atoms with Gasteiger partial charge < -0.3 is 9.47 Å². The molecule has 2 aliphatic rings. The molecular formula is C24H42N4O6. The summed E-state index contributed by atoms with van der Waals surface area (Å²) in [5.74, 6) is -0.763. The first-order valence-electron chi connectivity index (χ1n) is 12.8. The van der Waals surface area contributed by atoms with Gasteiger partial charge in [0.1, 0.15) is 13.5 Å². The quantitative estimate of drug-likeness (QED) is 0.307. The number of nitrogens with zero attached hydrogens (tertiary/aromatic N) is 4. The second-order valence-electron chi connectivity index (χ2n) is 8.85. The first-order valence-corrected chi connectivity index (χ1v) is 12.8. The van der Waals surface area contributed by atoms with Gasteiger partial charge in [-0.05, 0) is 25.7 Å². The maximum Gasteiger partial charge on any atom is 0.337 e. The van der Waals surface area contributed by atoms with Gasteiger partial charge in [0.05, 0.1) is 0 Å². The van der Waals surface area contributed by atoms with Crippen molar-refractivity contribution in [3.05, 3.63) is 0 Å². The molecule has 0 aromatic heterocycles. The highest BCUT2D eigenvalue weighted by Gasteiger charge is 2.62. The van der Waals surface area contributed by atoms with Crippen molar-refractivity contribution in [1.29, 1.82) is 0 Å². The van der Waals surface area contributed by atoms with Crippen molar-refractivity contribution in [2.75, 3.05) is 26.7 Å². The fraction of sp³-hybridized carbons (Fsp3) is 0.833. The smallest absolute Gasteiger partial charge is 0.337 e. The zero-order valence-electron chi connectivity index (χ0n) is 21.3. The van der Waals surface area contributed by atoms with Crippen LogP contribution in [0.2, 0.25) is 0 Å². The Morgan fingerprint density at radius 2 is 1.03 bits per heavy atom. The molecule has 6 amide bonds. The Morgan fingerprint density at radius 3 is 1.38 bits per heavy atom. The van der Waals surface area contributed by atoms with Crippen molar-refractivity contribution in [3.63, 3.8) is 0 Å². The van der Waals surface area contributed by atoms with Crippen molar-refractivity contribution < 1.29 is 28.7 Å². The van der Waals surface area contributed by atoms with Crippen LogP contribution in [0.3, 0.4) is 0 Å². The topological polar surface area (TPSA) is 99.7 Å². The molecule has 10 heteroatoms. The predicted molar refractivity (Wildman–Crippen MR) is 126 cm³/mol. The molecule has 34 heavy (non-hydrogen) atoms. The summed E-state index contributed by atoms with van der Waals surface area (Å²) in [7, 11) is 0. The van der Waals surface area contributed by atoms with Gasteiger partial charge in [-0.1, -0.05) is 53.4 Å². The number of carbonyl (C=O) groups excluding carboxylic acids is 4. The van der Waals surface area contributed by atoms with Crippen LogP contribution in [-0.2, 0) is 19.1 Å². The van der Waals surface area contributed by atoms with Crippen LogP contribution >= 0.6 is 0 Å². The van der Waals surface area contributed by atoms with Crippen molar-refractivity contribution in [1.82, 2.24) is 19.6 Å². The van der Waals surface area contributed by atoms with E-state index in [2.05, 4.69) is 0 Å². The Hall–Kier alpha value is -2.20. The van der Waals surface area contributed by atoms with Crippen molar-refractivity contribution in [2.24, 2.45) is 0 Å². The summed E-state index contributed by atoms with van der Waals surface area (Å²) < 4.78 is 11.4. The molecule has 194 valence electrons. The molecule has 0 aliphatic carbocycles. The van der Waals surface area contributed by atoms with Crippen LogP contribution in [0, 0.1) is 0 Å². The molecule has 2 aliphatic heterocycles. The Balaban J connectivity index is 2.38. The predicted octanol–water partition coefficient (Wildman–Crippen LogP) is 4.10. The molecule has 0 spiro atoms. The van der Waals surface area contributed by atoms with Crippen LogP contribution in [0.5, 0.6) is 0 Å². The van der Waals surface area contributed by atoms with E-state index in [1.54, 1.807) is 0 Å². The van der Waals surface area contributed by atoms with Crippen LogP contribution in [0.1, 0.15) is 91.9 Å². The lowest BCUT2D eigenvalue weighted by Crippen LogP contribution is -2.50. The lowest BCUT2D eigenvalue weighted by Gasteiger charge is -2.28. The van der Waals surface area contributed by atoms with Gasteiger partial charge in [-0.15, -0.1) is 0 Å². The van der Waals surface area contributed by atoms with E-state index < -0.39 is 24.4 Å². The largest absolute Gasteiger partial charge is 0.361 e. The number of unbranched alkanes of at least 4 members (excludes halogenated alkanes) is 4. The Labute approximate surface area is 203 Å². The summed E-state index contributed by atoms with van der Waals surface area (Å²) in [6.45, 7) is 8.80. The van der Waals surface area contributed by atoms with E-state index in [1.165, 1.54) is 9.80 Å². The van der Waals surface area contributed by atoms with Gasteiger partial charge >= 0.3 is 12.1 Å². The van der Waals surface area contributed by atoms with Gasteiger partial charge in [0.2, 0.25) is 11.8 Å². The third-order valence-corrected chi connectivity index (χ3v) is 6.11. The molecule has 2 saturated heterocycles. The summed E-state index contributed by atoms with van der Waals surface area (Å²) in [5.41, 5.74) is 0. The number of hydrogen-bond donors (Lipinski definition) is 0. The number of fused-ring (bicyclic) bond motifs is 1. The van der Waals surface area contributed by atoms with Gasteiger partial charge in [-0.25, -0.2) is 19.4 Å². The average Bonchev–Trinajstić information content (AvgIpc) is 3.26. The SMILES string of the molecule is CCCCOCN1C(=O)N(COCCCC)C2C1N(C(=O)CCCC)C(=O)N2C(=O)CCCC. The van der Waals surface area contributed by atoms with E-state index >= 15 is 0 Å². The lowest BCUT2D eigenvalue weighted by atomic mass is 10.2. The van der Waals surface area contributed by atoms with Gasteiger partial charge in [-0.3, -0.25) is 19.4 Å². The monoisotopic (exact) mass is 482 g/mol. The third kappa shape index (κ3) is 6.47. The zero-order chi connectivity index (χ0) is 25.1. The minimum absolute atomic E-state index is 0.0622. The first-order chi connectivity index (χ1) is 16.4. The van der Waals surface area contributed by atoms with E-state index in [1.807, 2.05) is 27.7 Å². The Bertz CT molecular complexity index is 649. The average molecular weight is 483 g/mol. The molecule has 2 rings (SSSR count). The fourth-order valence-electron chi connectivity index (χ4n) is 4.09. The van der Waals surface area contributed by atoms with Gasteiger partial charge in [-0.2, -0.15) is 0 Å². The third-order valence-electron chi connectivity index (χ3n) is 6.11. The lowest BCUT2D eigenvalue weighted by molar-refractivity contribution is -0.133. The fourth-order valence-corrected chi connectivity index (χ4v) is 4.09. The van der Waals surface area contributed by atoms with Gasteiger partial charge in [0.25, 0.3) is 0 Å². The molecule has 0 aromatic carbocycles. The van der Waals surface area contributed by atoms with Crippen molar-refractivity contribution >= 4 is 23.9 Å². The normalized spacial score (nSPS) is 20.0. The van der Waals surface area contributed by atoms with Crippen LogP contribution in [-0.4, -0.2) is 82.5 Å². The second-order valence-corrected chi connectivity index (χ2v) is 8.85. The number of carbonyl (C=O) groups is 4. The van der Waals surface area contributed by atoms with Crippen LogP contribution in [0.25, 0.3) is 0 Å². The Kier molecular flexibility index (Phi) is 11.8. The molecule has 2 fully saturated rings. The number of ether oxygens (including phenoxy) is 2. The number of hydrogen-bond acceptors (Lipinski definition) is 6. The molecule has 2 heterocycles. The summed E-state index contributed by atoms with van der Waals surface area (Å²) in [4.78, 5) is 58.1. The van der Waals surface area contributed by atoms with E-state index in [-0.39, 0.29) is 38.1 Å². The standard InChI is InChI=1S/C24H42N4O6/c1-5-9-13-19(29)27-21-22(28(24(27)32)20(30)14-10-6-2)26(18-34-16-12-8-4)23(31)25(21)17-33-15-11-7-3/h21-22H,5-18H2,1-4H3. The summed E-state index contributed by atoms with van der Waals surface area (Å²) in [6.07, 6.45) is 4.87. The molecule has 10 nitrogen and oxygen atoms in total. The highest BCUT2D eigenvalue weighted by Crippen LogP contribution is 2.36. The minimum Gasteiger partial charge on any atom is -0.361 e. The number of imide groups is 2. The first kappa shape index (κ1) is 28.0. The van der Waals surface area contributed by atoms with Gasteiger partial charge in [0, 0.05) is 26.1 Å². The maximum atomic E-state index is 13.4. The van der Waals surface area contributed by atoms with Crippen LogP contribution in [0.15, 0.2) is 0 Å². The molecule has 2 atom stereocenters. The molecule has 0 radical (unpaired) electrons. The molecule has 0 N–H and O–H groups in total. The van der Waals surface area contributed by atoms with Gasteiger partial charge in [0.15, 0.2) is 12.3 Å². The zero-order valence-corrected chi connectivity index (χ0v) is 21.3. The number of rotatable bonds is 16. The highest BCUT2D eigenvalue weighted by atomic mass is 16.5. The van der Waals surface area contributed by atoms with E-state index in [0.717, 1.165) is 48.3 Å². The maximum absolute atomic E-state index is 13.4.